The molecule has 1 saturated heterocycles. The van der Waals surface area contributed by atoms with Crippen LogP contribution in [0.25, 0.3) is 0 Å². The van der Waals surface area contributed by atoms with Crippen molar-refractivity contribution in [2.75, 3.05) is 11.9 Å². The van der Waals surface area contributed by atoms with E-state index in [9.17, 15) is 0 Å². The summed E-state index contributed by atoms with van der Waals surface area (Å²) in [4.78, 5) is 0. The molecule has 1 N–H and O–H groups in total. The maximum absolute atomic E-state index is 5.79. The van der Waals surface area contributed by atoms with Crippen LogP contribution in [0.15, 0.2) is 24.3 Å². The summed E-state index contributed by atoms with van der Waals surface area (Å²) in [7, 11) is 0. The average Bonchev–Trinajstić information content (AvgIpc) is 2.29. The van der Waals surface area contributed by atoms with Gasteiger partial charge in [0.1, 0.15) is 0 Å². The molecule has 1 aromatic rings. The third-order valence-electron chi connectivity index (χ3n) is 3.45. The SMILES string of the molecule is Cc1cccc(NC2CCOC(C(C)C)C2)c1. The van der Waals surface area contributed by atoms with E-state index < -0.39 is 0 Å². The van der Waals surface area contributed by atoms with Crippen molar-refractivity contribution in [1.29, 1.82) is 0 Å². The van der Waals surface area contributed by atoms with E-state index in [1.165, 1.54) is 11.3 Å². The summed E-state index contributed by atoms with van der Waals surface area (Å²) in [6, 6.07) is 9.15. The smallest absolute Gasteiger partial charge is 0.0617 e. The van der Waals surface area contributed by atoms with Gasteiger partial charge in [0.25, 0.3) is 0 Å². The highest BCUT2D eigenvalue weighted by Crippen LogP contribution is 2.23. The molecule has 0 aromatic heterocycles. The number of hydrogen-bond acceptors (Lipinski definition) is 2. The molecule has 1 heterocycles. The second kappa shape index (κ2) is 5.54. The third-order valence-corrected chi connectivity index (χ3v) is 3.45. The molecule has 0 spiro atoms. The van der Waals surface area contributed by atoms with E-state index in [4.69, 9.17) is 4.74 Å². The van der Waals surface area contributed by atoms with Crippen molar-refractivity contribution in [2.45, 2.75) is 45.8 Å². The minimum atomic E-state index is 0.408. The van der Waals surface area contributed by atoms with Crippen LogP contribution in [0.2, 0.25) is 0 Å². The average molecular weight is 233 g/mol. The lowest BCUT2D eigenvalue weighted by Crippen LogP contribution is -2.36. The Morgan fingerprint density at radius 2 is 2.18 bits per heavy atom. The number of ether oxygens (including phenoxy) is 1. The molecule has 94 valence electrons. The topological polar surface area (TPSA) is 21.3 Å². The molecule has 2 rings (SSSR count). The lowest BCUT2D eigenvalue weighted by Gasteiger charge is -2.33. The summed E-state index contributed by atoms with van der Waals surface area (Å²) in [5.74, 6) is 0.608. The molecule has 0 saturated carbocycles. The van der Waals surface area contributed by atoms with Crippen molar-refractivity contribution < 1.29 is 4.74 Å². The first-order valence-electron chi connectivity index (χ1n) is 6.60. The first kappa shape index (κ1) is 12.4. The molecular weight excluding hydrogens is 210 g/mol. The summed E-state index contributed by atoms with van der Waals surface area (Å²) in [6.45, 7) is 7.48. The molecule has 0 amide bonds. The quantitative estimate of drug-likeness (QED) is 0.861. The fraction of sp³-hybridized carbons (Fsp3) is 0.600. The molecule has 1 aliphatic heterocycles. The minimum absolute atomic E-state index is 0.408. The highest BCUT2D eigenvalue weighted by Gasteiger charge is 2.24. The maximum Gasteiger partial charge on any atom is 0.0617 e. The van der Waals surface area contributed by atoms with E-state index in [0.717, 1.165) is 19.4 Å². The van der Waals surface area contributed by atoms with Gasteiger partial charge >= 0.3 is 0 Å². The van der Waals surface area contributed by atoms with Crippen LogP contribution in [0.3, 0.4) is 0 Å². The fourth-order valence-electron chi connectivity index (χ4n) is 2.39. The van der Waals surface area contributed by atoms with Gasteiger partial charge < -0.3 is 10.1 Å². The van der Waals surface area contributed by atoms with Crippen molar-refractivity contribution in [2.24, 2.45) is 5.92 Å². The second-order valence-electron chi connectivity index (χ2n) is 5.39. The summed E-state index contributed by atoms with van der Waals surface area (Å²) in [6.07, 6.45) is 2.63. The molecule has 0 radical (unpaired) electrons. The van der Waals surface area contributed by atoms with Crippen LogP contribution < -0.4 is 5.32 Å². The van der Waals surface area contributed by atoms with Gasteiger partial charge in [-0.1, -0.05) is 26.0 Å². The van der Waals surface area contributed by atoms with Gasteiger partial charge in [0, 0.05) is 18.3 Å². The number of hydrogen-bond donors (Lipinski definition) is 1. The largest absolute Gasteiger partial charge is 0.382 e. The van der Waals surface area contributed by atoms with Crippen molar-refractivity contribution in [1.82, 2.24) is 0 Å². The minimum Gasteiger partial charge on any atom is -0.382 e. The Bertz CT molecular complexity index is 362. The van der Waals surface area contributed by atoms with Gasteiger partial charge in [-0.25, -0.2) is 0 Å². The number of anilines is 1. The van der Waals surface area contributed by atoms with Gasteiger partial charge in [-0.3, -0.25) is 0 Å². The van der Waals surface area contributed by atoms with Gasteiger partial charge in [0.05, 0.1) is 6.10 Å². The fourth-order valence-corrected chi connectivity index (χ4v) is 2.39. The highest BCUT2D eigenvalue weighted by atomic mass is 16.5. The molecule has 2 nitrogen and oxygen atoms in total. The summed E-state index contributed by atoms with van der Waals surface area (Å²) < 4.78 is 5.79. The van der Waals surface area contributed by atoms with Crippen molar-refractivity contribution in [3.05, 3.63) is 29.8 Å². The van der Waals surface area contributed by atoms with E-state index in [1.54, 1.807) is 0 Å². The first-order valence-corrected chi connectivity index (χ1v) is 6.60. The number of nitrogens with one attached hydrogen (secondary N) is 1. The van der Waals surface area contributed by atoms with Crippen molar-refractivity contribution in [3.63, 3.8) is 0 Å². The Hall–Kier alpha value is -1.02. The van der Waals surface area contributed by atoms with Gasteiger partial charge in [-0.05, 0) is 43.4 Å². The van der Waals surface area contributed by atoms with E-state index in [1.807, 2.05) is 0 Å². The standard InChI is InChI=1S/C15H23NO/c1-11(2)15-10-14(7-8-17-15)16-13-6-4-5-12(3)9-13/h4-6,9,11,14-16H,7-8,10H2,1-3H3. The second-order valence-corrected chi connectivity index (χ2v) is 5.39. The van der Waals surface area contributed by atoms with Crippen molar-refractivity contribution in [3.8, 4) is 0 Å². The van der Waals surface area contributed by atoms with Crippen LogP contribution >= 0.6 is 0 Å². The van der Waals surface area contributed by atoms with Crippen molar-refractivity contribution >= 4 is 5.69 Å². The molecular formula is C15H23NO. The van der Waals surface area contributed by atoms with E-state index >= 15 is 0 Å². The molecule has 2 unspecified atom stereocenters. The van der Waals surface area contributed by atoms with Gasteiger partial charge in [0.15, 0.2) is 0 Å². The monoisotopic (exact) mass is 233 g/mol. The molecule has 0 bridgehead atoms. The Kier molecular flexibility index (Phi) is 4.06. The van der Waals surface area contributed by atoms with E-state index in [0.29, 0.717) is 18.1 Å². The number of benzene rings is 1. The predicted octanol–water partition coefficient (Wildman–Crippen LogP) is 3.61. The molecule has 1 aromatic carbocycles. The summed E-state index contributed by atoms with van der Waals surface area (Å²) in [5, 5.41) is 3.63. The Morgan fingerprint density at radius 1 is 1.35 bits per heavy atom. The van der Waals surface area contributed by atoms with Gasteiger partial charge in [-0.2, -0.15) is 0 Å². The Labute approximate surface area is 104 Å². The summed E-state index contributed by atoms with van der Waals surface area (Å²) >= 11 is 0. The molecule has 2 heteroatoms. The van der Waals surface area contributed by atoms with Crippen LogP contribution in [0.4, 0.5) is 5.69 Å². The normalized spacial score (nSPS) is 24.9. The molecule has 17 heavy (non-hydrogen) atoms. The lowest BCUT2D eigenvalue weighted by atomic mass is 9.95. The van der Waals surface area contributed by atoms with E-state index in [2.05, 4.69) is 50.4 Å². The van der Waals surface area contributed by atoms with Crippen LogP contribution in [0, 0.1) is 12.8 Å². The zero-order chi connectivity index (χ0) is 12.3. The number of aryl methyl sites for hydroxylation is 1. The predicted molar refractivity (Wildman–Crippen MR) is 72.4 cm³/mol. The van der Waals surface area contributed by atoms with Crippen LogP contribution in [0.5, 0.6) is 0 Å². The maximum atomic E-state index is 5.79. The van der Waals surface area contributed by atoms with E-state index in [-0.39, 0.29) is 0 Å². The highest BCUT2D eigenvalue weighted by molar-refractivity contribution is 5.46. The Balaban J connectivity index is 1.94. The molecule has 0 aliphatic carbocycles. The molecule has 2 atom stereocenters. The summed E-state index contributed by atoms with van der Waals surface area (Å²) in [5.41, 5.74) is 2.54. The zero-order valence-corrected chi connectivity index (χ0v) is 11.1. The van der Waals surface area contributed by atoms with Gasteiger partial charge in [0.2, 0.25) is 0 Å². The number of rotatable bonds is 3. The lowest BCUT2D eigenvalue weighted by molar-refractivity contribution is -0.0160. The van der Waals surface area contributed by atoms with Crippen LogP contribution in [-0.2, 0) is 4.74 Å². The Morgan fingerprint density at radius 3 is 2.88 bits per heavy atom. The molecule has 1 fully saturated rings. The molecule has 1 aliphatic rings. The first-order chi connectivity index (χ1) is 8.15. The van der Waals surface area contributed by atoms with Crippen LogP contribution in [0.1, 0.15) is 32.3 Å². The zero-order valence-electron chi connectivity index (χ0n) is 11.1. The van der Waals surface area contributed by atoms with Gasteiger partial charge in [-0.15, -0.1) is 0 Å². The third kappa shape index (κ3) is 3.47. The van der Waals surface area contributed by atoms with Crippen LogP contribution in [-0.4, -0.2) is 18.8 Å².